The average Bonchev–Trinajstić information content (AvgIpc) is 2.82. The number of phenols is 1. The summed E-state index contributed by atoms with van der Waals surface area (Å²) in [5, 5.41) is 9.50. The Morgan fingerprint density at radius 3 is 3.11 bits per heavy atom. The van der Waals surface area contributed by atoms with Gasteiger partial charge in [-0.25, -0.2) is 0 Å². The van der Waals surface area contributed by atoms with Crippen LogP contribution in [0, 0.1) is 5.92 Å². The number of benzene rings is 1. The summed E-state index contributed by atoms with van der Waals surface area (Å²) in [5.74, 6) is 1.68. The van der Waals surface area contributed by atoms with E-state index in [0.717, 1.165) is 31.7 Å². The van der Waals surface area contributed by atoms with Crippen LogP contribution in [0.4, 0.5) is 0 Å². The SMILES string of the molecule is CCC1CN(C2COc3cc(O)ccc32)CCC1N. The smallest absolute Gasteiger partial charge is 0.127 e. The Balaban J connectivity index is 1.78. The largest absolute Gasteiger partial charge is 0.508 e. The summed E-state index contributed by atoms with van der Waals surface area (Å²) >= 11 is 0. The van der Waals surface area contributed by atoms with E-state index in [0.29, 0.717) is 24.6 Å². The van der Waals surface area contributed by atoms with Crippen molar-refractivity contribution in [2.45, 2.75) is 31.8 Å². The molecule has 4 nitrogen and oxygen atoms in total. The van der Waals surface area contributed by atoms with Crippen LogP contribution in [0.3, 0.4) is 0 Å². The van der Waals surface area contributed by atoms with Gasteiger partial charge in [0.05, 0.1) is 6.04 Å². The monoisotopic (exact) mass is 262 g/mol. The van der Waals surface area contributed by atoms with E-state index in [1.807, 2.05) is 6.07 Å². The molecule has 19 heavy (non-hydrogen) atoms. The van der Waals surface area contributed by atoms with Gasteiger partial charge in [0.1, 0.15) is 18.1 Å². The van der Waals surface area contributed by atoms with E-state index in [1.165, 1.54) is 5.56 Å². The highest BCUT2D eigenvalue weighted by Crippen LogP contribution is 2.39. The van der Waals surface area contributed by atoms with E-state index in [2.05, 4.69) is 11.8 Å². The molecule has 0 aliphatic carbocycles. The van der Waals surface area contributed by atoms with Crippen LogP contribution in [-0.2, 0) is 0 Å². The predicted molar refractivity (Wildman–Crippen MR) is 74.3 cm³/mol. The maximum atomic E-state index is 9.50. The van der Waals surface area contributed by atoms with Gasteiger partial charge in [-0.15, -0.1) is 0 Å². The fourth-order valence-electron chi connectivity index (χ4n) is 3.28. The van der Waals surface area contributed by atoms with Crippen molar-refractivity contribution in [2.75, 3.05) is 19.7 Å². The van der Waals surface area contributed by atoms with E-state index in [9.17, 15) is 5.11 Å². The molecule has 1 aromatic rings. The van der Waals surface area contributed by atoms with Crippen LogP contribution in [0.25, 0.3) is 0 Å². The molecule has 2 heterocycles. The van der Waals surface area contributed by atoms with E-state index < -0.39 is 0 Å². The van der Waals surface area contributed by atoms with Crippen LogP contribution < -0.4 is 10.5 Å². The summed E-state index contributed by atoms with van der Waals surface area (Å²) in [7, 11) is 0. The summed E-state index contributed by atoms with van der Waals surface area (Å²) < 4.78 is 5.71. The quantitative estimate of drug-likeness (QED) is 0.854. The molecule has 1 aromatic carbocycles. The Bertz CT molecular complexity index is 463. The zero-order valence-electron chi connectivity index (χ0n) is 11.4. The lowest BCUT2D eigenvalue weighted by Crippen LogP contribution is -2.48. The second kappa shape index (κ2) is 5.02. The minimum absolute atomic E-state index is 0.270. The van der Waals surface area contributed by atoms with E-state index in [1.54, 1.807) is 12.1 Å². The van der Waals surface area contributed by atoms with Gasteiger partial charge in [-0.1, -0.05) is 13.3 Å². The molecule has 1 saturated heterocycles. The summed E-state index contributed by atoms with van der Waals surface area (Å²) in [6.45, 7) is 4.98. The molecule has 3 rings (SSSR count). The molecule has 0 aromatic heterocycles. The lowest BCUT2D eigenvalue weighted by Gasteiger charge is -2.39. The Hall–Kier alpha value is -1.26. The van der Waals surface area contributed by atoms with Gasteiger partial charge in [-0.3, -0.25) is 4.90 Å². The molecule has 104 valence electrons. The maximum Gasteiger partial charge on any atom is 0.127 e. The number of piperidine rings is 1. The highest BCUT2D eigenvalue weighted by Gasteiger charge is 2.34. The Labute approximate surface area is 114 Å². The van der Waals surface area contributed by atoms with Crippen LogP contribution in [0.2, 0.25) is 0 Å². The maximum absolute atomic E-state index is 9.50. The number of hydrogen-bond acceptors (Lipinski definition) is 4. The first kappa shape index (κ1) is 12.8. The third kappa shape index (κ3) is 2.30. The van der Waals surface area contributed by atoms with Crippen molar-refractivity contribution in [3.8, 4) is 11.5 Å². The third-order valence-electron chi connectivity index (χ3n) is 4.54. The second-order valence-corrected chi connectivity index (χ2v) is 5.66. The zero-order chi connectivity index (χ0) is 13.4. The van der Waals surface area contributed by atoms with Crippen molar-refractivity contribution in [2.24, 2.45) is 11.7 Å². The topological polar surface area (TPSA) is 58.7 Å². The molecule has 0 spiro atoms. The fourth-order valence-corrected chi connectivity index (χ4v) is 3.28. The summed E-state index contributed by atoms with van der Waals surface area (Å²) in [5.41, 5.74) is 7.37. The minimum atomic E-state index is 0.270. The molecular formula is C15H22N2O2. The van der Waals surface area contributed by atoms with Crippen LogP contribution in [0.5, 0.6) is 11.5 Å². The van der Waals surface area contributed by atoms with Crippen molar-refractivity contribution in [3.05, 3.63) is 23.8 Å². The number of phenolic OH excluding ortho intramolecular Hbond substituents is 1. The van der Waals surface area contributed by atoms with Crippen molar-refractivity contribution < 1.29 is 9.84 Å². The van der Waals surface area contributed by atoms with Crippen LogP contribution in [0.15, 0.2) is 18.2 Å². The molecule has 2 aliphatic rings. The number of ether oxygens (including phenoxy) is 1. The summed E-state index contributed by atoms with van der Waals surface area (Å²) in [6.07, 6.45) is 2.19. The number of likely N-dealkylation sites (tertiary alicyclic amines) is 1. The standard InChI is InChI=1S/C15H22N2O2/c1-2-10-8-17(6-5-13(10)16)14-9-19-15-7-11(18)3-4-12(14)15/h3-4,7,10,13-14,18H,2,5-6,8-9,16H2,1H3. The Morgan fingerprint density at radius 1 is 1.47 bits per heavy atom. The zero-order valence-corrected chi connectivity index (χ0v) is 11.4. The molecule has 0 saturated carbocycles. The van der Waals surface area contributed by atoms with Gasteiger partial charge in [0.25, 0.3) is 0 Å². The highest BCUT2D eigenvalue weighted by molar-refractivity contribution is 5.44. The number of nitrogens with two attached hydrogens (primary N) is 1. The van der Waals surface area contributed by atoms with Crippen molar-refractivity contribution in [1.29, 1.82) is 0 Å². The highest BCUT2D eigenvalue weighted by atomic mass is 16.5. The number of hydrogen-bond donors (Lipinski definition) is 2. The van der Waals surface area contributed by atoms with Crippen molar-refractivity contribution in [3.63, 3.8) is 0 Å². The number of rotatable bonds is 2. The molecular weight excluding hydrogens is 240 g/mol. The number of aromatic hydroxyl groups is 1. The van der Waals surface area contributed by atoms with Gasteiger partial charge in [0.2, 0.25) is 0 Å². The molecule has 4 heteroatoms. The fraction of sp³-hybridized carbons (Fsp3) is 0.600. The molecule has 1 fully saturated rings. The lowest BCUT2D eigenvalue weighted by atomic mass is 9.89. The van der Waals surface area contributed by atoms with E-state index >= 15 is 0 Å². The van der Waals surface area contributed by atoms with Crippen LogP contribution in [0.1, 0.15) is 31.4 Å². The van der Waals surface area contributed by atoms with Gasteiger partial charge in [0.15, 0.2) is 0 Å². The normalized spacial score (nSPS) is 30.9. The molecule has 0 radical (unpaired) electrons. The molecule has 2 aliphatic heterocycles. The predicted octanol–water partition coefficient (Wildman–Crippen LogP) is 1.88. The van der Waals surface area contributed by atoms with E-state index in [-0.39, 0.29) is 5.75 Å². The van der Waals surface area contributed by atoms with Crippen molar-refractivity contribution >= 4 is 0 Å². The first-order valence-electron chi connectivity index (χ1n) is 7.14. The van der Waals surface area contributed by atoms with Gasteiger partial charge < -0.3 is 15.6 Å². The Morgan fingerprint density at radius 2 is 2.32 bits per heavy atom. The molecule has 3 N–H and O–H groups in total. The first-order valence-corrected chi connectivity index (χ1v) is 7.14. The second-order valence-electron chi connectivity index (χ2n) is 5.66. The van der Waals surface area contributed by atoms with E-state index in [4.69, 9.17) is 10.5 Å². The van der Waals surface area contributed by atoms with Gasteiger partial charge >= 0.3 is 0 Å². The van der Waals surface area contributed by atoms with Crippen LogP contribution in [-0.4, -0.2) is 35.7 Å². The third-order valence-corrected chi connectivity index (χ3v) is 4.54. The van der Waals surface area contributed by atoms with Gasteiger partial charge in [0, 0.05) is 30.8 Å². The summed E-state index contributed by atoms with van der Waals surface area (Å²) in [4.78, 5) is 2.49. The lowest BCUT2D eigenvalue weighted by molar-refractivity contribution is 0.0923. The first-order chi connectivity index (χ1) is 9.19. The molecule has 0 bridgehead atoms. The van der Waals surface area contributed by atoms with Crippen molar-refractivity contribution in [1.82, 2.24) is 4.90 Å². The van der Waals surface area contributed by atoms with Gasteiger partial charge in [-0.05, 0) is 24.5 Å². The molecule has 0 amide bonds. The number of nitrogens with zero attached hydrogens (tertiary/aromatic N) is 1. The minimum Gasteiger partial charge on any atom is -0.508 e. The Kier molecular flexibility index (Phi) is 3.37. The van der Waals surface area contributed by atoms with Crippen LogP contribution >= 0.6 is 0 Å². The van der Waals surface area contributed by atoms with Gasteiger partial charge in [-0.2, -0.15) is 0 Å². The molecule has 3 atom stereocenters. The number of fused-ring (bicyclic) bond motifs is 1. The molecule has 3 unspecified atom stereocenters. The average molecular weight is 262 g/mol. The summed E-state index contributed by atoms with van der Waals surface area (Å²) in [6, 6.07) is 6.09.